The van der Waals surface area contributed by atoms with Gasteiger partial charge in [-0.25, -0.2) is 0 Å². The molecule has 4 atom stereocenters. The van der Waals surface area contributed by atoms with E-state index < -0.39 is 5.60 Å². The summed E-state index contributed by atoms with van der Waals surface area (Å²) in [6.45, 7) is 4.38. The third-order valence-corrected chi connectivity index (χ3v) is 5.71. The minimum absolute atomic E-state index is 0.426. The molecule has 0 amide bonds. The molecular weight excluding hydrogens is 224 g/mol. The molecule has 0 aromatic rings. The molecule has 4 aliphatic heterocycles. The Balaban J connectivity index is 1.71. The van der Waals surface area contributed by atoms with Crippen molar-refractivity contribution < 1.29 is 5.11 Å². The van der Waals surface area contributed by atoms with E-state index in [4.69, 9.17) is 0 Å². The van der Waals surface area contributed by atoms with E-state index in [1.807, 2.05) is 0 Å². The van der Waals surface area contributed by atoms with Crippen LogP contribution in [0.5, 0.6) is 0 Å². The molecule has 0 aromatic carbocycles. The zero-order valence-corrected chi connectivity index (χ0v) is 11.1. The third-order valence-electron chi connectivity index (χ3n) is 5.71. The molecule has 100 valence electrons. The molecule has 0 spiro atoms. The monoisotopic (exact) mass is 248 g/mol. The molecule has 0 unspecified atom stereocenters. The predicted octanol–water partition coefficient (Wildman–Crippen LogP) is 1.24. The quantitative estimate of drug-likeness (QED) is 0.653. The Morgan fingerprint density at radius 3 is 2.94 bits per heavy atom. The molecular formula is C15H24N2O. The van der Waals surface area contributed by atoms with Gasteiger partial charge < -0.3 is 5.11 Å². The largest absolute Gasteiger partial charge is 0.387 e. The molecule has 1 N–H and O–H groups in total. The van der Waals surface area contributed by atoms with Gasteiger partial charge in [-0.3, -0.25) is 9.80 Å². The molecule has 3 nitrogen and oxygen atoms in total. The van der Waals surface area contributed by atoms with Crippen LogP contribution in [-0.2, 0) is 0 Å². The smallest absolute Gasteiger partial charge is 0.0932 e. The summed E-state index contributed by atoms with van der Waals surface area (Å²) in [5.74, 6) is 0.697. The van der Waals surface area contributed by atoms with Crippen molar-refractivity contribution in [3.05, 3.63) is 12.2 Å². The molecule has 4 aliphatic rings. The summed E-state index contributed by atoms with van der Waals surface area (Å²) >= 11 is 0. The van der Waals surface area contributed by atoms with Crippen LogP contribution in [0.25, 0.3) is 0 Å². The van der Waals surface area contributed by atoms with Gasteiger partial charge in [0.05, 0.1) is 5.60 Å². The van der Waals surface area contributed by atoms with Crippen molar-refractivity contribution in [2.75, 3.05) is 26.2 Å². The molecule has 0 aromatic heterocycles. The Bertz CT molecular complexity index is 368. The lowest BCUT2D eigenvalue weighted by Gasteiger charge is -2.61. The van der Waals surface area contributed by atoms with E-state index in [-0.39, 0.29) is 0 Å². The Kier molecular flexibility index (Phi) is 2.58. The number of rotatable bonds is 0. The van der Waals surface area contributed by atoms with Gasteiger partial charge >= 0.3 is 0 Å². The molecule has 18 heavy (non-hydrogen) atoms. The van der Waals surface area contributed by atoms with Gasteiger partial charge in [0.25, 0.3) is 0 Å². The van der Waals surface area contributed by atoms with Crippen LogP contribution in [0.4, 0.5) is 0 Å². The summed E-state index contributed by atoms with van der Waals surface area (Å²) < 4.78 is 0. The first-order valence-electron chi connectivity index (χ1n) is 7.63. The summed E-state index contributed by atoms with van der Waals surface area (Å²) in [5, 5.41) is 11.1. The van der Waals surface area contributed by atoms with E-state index in [0.717, 1.165) is 19.5 Å². The lowest BCUT2D eigenvalue weighted by molar-refractivity contribution is -0.176. The zero-order chi connectivity index (χ0) is 12.2. The summed E-state index contributed by atoms with van der Waals surface area (Å²) in [6, 6.07) is 1.15. The molecule has 3 heteroatoms. The molecule has 0 radical (unpaired) electrons. The summed E-state index contributed by atoms with van der Waals surface area (Å²) in [4.78, 5) is 5.16. The van der Waals surface area contributed by atoms with Gasteiger partial charge in [-0.2, -0.15) is 0 Å². The van der Waals surface area contributed by atoms with Crippen molar-refractivity contribution in [2.45, 2.75) is 49.8 Å². The van der Waals surface area contributed by atoms with Gasteiger partial charge in [-0.1, -0.05) is 12.2 Å². The molecule has 3 fully saturated rings. The van der Waals surface area contributed by atoms with Crippen molar-refractivity contribution in [3.8, 4) is 0 Å². The number of fused-ring (bicyclic) bond motifs is 2. The van der Waals surface area contributed by atoms with E-state index in [9.17, 15) is 5.11 Å². The lowest BCUT2D eigenvalue weighted by Crippen LogP contribution is -2.73. The predicted molar refractivity (Wildman–Crippen MR) is 71.4 cm³/mol. The number of aliphatic hydroxyl groups is 1. The van der Waals surface area contributed by atoms with Crippen LogP contribution in [-0.4, -0.2) is 58.8 Å². The minimum Gasteiger partial charge on any atom is -0.387 e. The molecule has 0 aliphatic carbocycles. The Morgan fingerprint density at radius 2 is 2.00 bits per heavy atom. The van der Waals surface area contributed by atoms with Crippen LogP contribution in [0, 0.1) is 5.92 Å². The van der Waals surface area contributed by atoms with Crippen molar-refractivity contribution in [1.82, 2.24) is 9.80 Å². The lowest BCUT2D eigenvalue weighted by atomic mass is 9.66. The van der Waals surface area contributed by atoms with E-state index in [1.165, 1.54) is 38.8 Å². The fourth-order valence-corrected chi connectivity index (χ4v) is 5.11. The minimum atomic E-state index is -0.426. The first-order chi connectivity index (χ1) is 8.78. The number of hydrogen-bond donors (Lipinski definition) is 1. The molecule has 0 bridgehead atoms. The molecule has 4 rings (SSSR count). The van der Waals surface area contributed by atoms with Crippen molar-refractivity contribution in [1.29, 1.82) is 0 Å². The summed E-state index contributed by atoms with van der Waals surface area (Å²) in [5.41, 5.74) is -0.426. The topological polar surface area (TPSA) is 26.7 Å². The number of piperidine rings is 3. The number of nitrogens with zero attached hydrogens (tertiary/aromatic N) is 2. The standard InChI is InChI=1S/C15H24N2O/c18-15-7-4-10-16-9-3-5-12(14(15)16)13-6-1-2-8-17(13)11-15/h1-2,12-14,18H,3-11H2/t12-,13-,14-,15-/m1/s1. The van der Waals surface area contributed by atoms with Crippen molar-refractivity contribution in [2.24, 2.45) is 5.92 Å². The summed E-state index contributed by atoms with van der Waals surface area (Å²) in [6.07, 6.45) is 10.7. The molecule has 0 saturated carbocycles. The van der Waals surface area contributed by atoms with Gasteiger partial charge in [0.1, 0.15) is 0 Å². The average Bonchev–Trinajstić information content (AvgIpc) is 2.39. The first-order valence-corrected chi connectivity index (χ1v) is 7.63. The first kappa shape index (κ1) is 11.4. The number of hydrogen-bond acceptors (Lipinski definition) is 3. The second-order valence-electron chi connectivity index (χ2n) is 6.70. The Morgan fingerprint density at radius 1 is 1.11 bits per heavy atom. The Labute approximate surface area is 109 Å². The second kappa shape index (κ2) is 4.06. The van der Waals surface area contributed by atoms with Crippen LogP contribution in [0.1, 0.15) is 32.1 Å². The highest BCUT2D eigenvalue weighted by Crippen LogP contribution is 2.45. The normalized spacial score (nSPS) is 48.6. The average molecular weight is 248 g/mol. The molecule has 3 saturated heterocycles. The van der Waals surface area contributed by atoms with E-state index >= 15 is 0 Å². The van der Waals surface area contributed by atoms with Gasteiger partial charge in [-0.05, 0) is 51.1 Å². The molecule has 4 heterocycles. The van der Waals surface area contributed by atoms with Crippen LogP contribution in [0.15, 0.2) is 12.2 Å². The van der Waals surface area contributed by atoms with E-state index in [2.05, 4.69) is 22.0 Å². The van der Waals surface area contributed by atoms with Gasteiger partial charge in [0.2, 0.25) is 0 Å². The fraction of sp³-hybridized carbons (Fsp3) is 0.867. The van der Waals surface area contributed by atoms with Crippen LogP contribution >= 0.6 is 0 Å². The highest BCUT2D eigenvalue weighted by atomic mass is 16.3. The third kappa shape index (κ3) is 1.54. The van der Waals surface area contributed by atoms with Crippen LogP contribution in [0.3, 0.4) is 0 Å². The van der Waals surface area contributed by atoms with Crippen molar-refractivity contribution in [3.63, 3.8) is 0 Å². The Hall–Kier alpha value is -0.380. The highest BCUT2D eigenvalue weighted by Gasteiger charge is 2.55. The van der Waals surface area contributed by atoms with Gasteiger partial charge in [-0.15, -0.1) is 0 Å². The van der Waals surface area contributed by atoms with Crippen LogP contribution < -0.4 is 0 Å². The van der Waals surface area contributed by atoms with Crippen molar-refractivity contribution >= 4 is 0 Å². The van der Waals surface area contributed by atoms with Gasteiger partial charge in [0.15, 0.2) is 0 Å². The maximum absolute atomic E-state index is 11.1. The second-order valence-corrected chi connectivity index (χ2v) is 6.70. The maximum atomic E-state index is 11.1. The van der Waals surface area contributed by atoms with E-state index in [1.54, 1.807) is 0 Å². The zero-order valence-electron chi connectivity index (χ0n) is 11.1. The summed E-state index contributed by atoms with van der Waals surface area (Å²) in [7, 11) is 0. The van der Waals surface area contributed by atoms with Crippen LogP contribution in [0.2, 0.25) is 0 Å². The maximum Gasteiger partial charge on any atom is 0.0932 e. The highest BCUT2D eigenvalue weighted by molar-refractivity contribution is 5.14. The van der Waals surface area contributed by atoms with Gasteiger partial charge in [0, 0.05) is 25.2 Å². The SMILES string of the molecule is O[C@]12CCCN3CCC[C@H]([C@H]4CC=CCN4C1)[C@@H]32. The van der Waals surface area contributed by atoms with E-state index in [0.29, 0.717) is 18.0 Å². The fourth-order valence-electron chi connectivity index (χ4n) is 5.11.